The Labute approximate surface area is 125 Å². The summed E-state index contributed by atoms with van der Waals surface area (Å²) in [7, 11) is 0. The van der Waals surface area contributed by atoms with Gasteiger partial charge in [0.1, 0.15) is 0 Å². The van der Waals surface area contributed by atoms with Crippen LogP contribution in [0.3, 0.4) is 0 Å². The Morgan fingerprint density at radius 3 is 3.20 bits per heavy atom. The van der Waals surface area contributed by atoms with Crippen LogP contribution in [0.15, 0.2) is 22.7 Å². The van der Waals surface area contributed by atoms with Crippen LogP contribution in [0, 0.1) is 0 Å². The summed E-state index contributed by atoms with van der Waals surface area (Å²) >= 11 is 3.24. The van der Waals surface area contributed by atoms with E-state index in [4.69, 9.17) is 4.74 Å². The Bertz CT molecular complexity index is 527. The van der Waals surface area contributed by atoms with Crippen molar-refractivity contribution in [3.05, 3.63) is 22.4 Å². The fourth-order valence-corrected chi connectivity index (χ4v) is 3.06. The van der Waals surface area contributed by atoms with Crippen molar-refractivity contribution in [3.63, 3.8) is 0 Å². The molecule has 0 aliphatic rings. The average Bonchev–Trinajstić information content (AvgIpc) is 3.08. The number of thioether (sulfide) groups is 1. The molecule has 0 amide bonds. The molecule has 2 aromatic heterocycles. The van der Waals surface area contributed by atoms with E-state index in [2.05, 4.69) is 21.6 Å². The van der Waals surface area contributed by atoms with Crippen molar-refractivity contribution in [3.8, 4) is 0 Å². The number of hydrogen-bond acceptors (Lipinski definition) is 7. The highest BCUT2D eigenvalue weighted by molar-refractivity contribution is 7.99. The maximum atomic E-state index is 11.2. The Morgan fingerprint density at radius 2 is 2.45 bits per heavy atom. The largest absolute Gasteiger partial charge is 0.466 e. The van der Waals surface area contributed by atoms with Crippen molar-refractivity contribution >= 4 is 29.1 Å². The molecule has 2 rings (SSSR count). The Morgan fingerprint density at radius 1 is 1.55 bits per heavy atom. The molecule has 0 fully saturated rings. The predicted octanol–water partition coefficient (Wildman–Crippen LogP) is 2.22. The van der Waals surface area contributed by atoms with E-state index in [0.717, 1.165) is 17.3 Å². The second kappa shape index (κ2) is 8.01. The summed E-state index contributed by atoms with van der Waals surface area (Å²) in [6.07, 6.45) is 1.20. The fourth-order valence-electron chi connectivity index (χ4n) is 1.56. The van der Waals surface area contributed by atoms with Gasteiger partial charge in [0.05, 0.1) is 13.2 Å². The van der Waals surface area contributed by atoms with Crippen molar-refractivity contribution in [2.24, 2.45) is 0 Å². The van der Waals surface area contributed by atoms with Crippen LogP contribution < -0.4 is 0 Å². The normalized spacial score (nSPS) is 10.7. The molecule has 0 atom stereocenters. The molecule has 0 bridgehead atoms. The first-order valence-electron chi connectivity index (χ1n) is 6.36. The number of hydrogen-bond donors (Lipinski definition) is 0. The molecule has 6 nitrogen and oxygen atoms in total. The van der Waals surface area contributed by atoms with Gasteiger partial charge in [0, 0.05) is 17.1 Å². The molecule has 8 heteroatoms. The number of carbonyl (C=O) groups is 1. The van der Waals surface area contributed by atoms with Gasteiger partial charge in [-0.3, -0.25) is 4.79 Å². The lowest BCUT2D eigenvalue weighted by atomic mass is 10.3. The van der Waals surface area contributed by atoms with Crippen molar-refractivity contribution in [1.82, 2.24) is 20.2 Å². The molecule has 0 aliphatic carbocycles. The SMILES string of the molecule is CCOC(=O)CCCSc1nnnn1Cc1cccs1. The highest BCUT2D eigenvalue weighted by Crippen LogP contribution is 2.18. The number of rotatable bonds is 8. The number of ether oxygens (including phenoxy) is 1. The molecular weight excluding hydrogens is 296 g/mol. The van der Waals surface area contributed by atoms with Gasteiger partial charge in [0.2, 0.25) is 5.16 Å². The molecule has 0 unspecified atom stereocenters. The van der Waals surface area contributed by atoms with E-state index in [1.807, 2.05) is 18.4 Å². The Kier molecular flexibility index (Phi) is 6.00. The molecule has 0 saturated carbocycles. The van der Waals surface area contributed by atoms with E-state index >= 15 is 0 Å². The second-order valence-corrected chi connectivity index (χ2v) is 6.05. The van der Waals surface area contributed by atoms with Crippen molar-refractivity contribution in [2.75, 3.05) is 12.4 Å². The molecule has 0 aliphatic heterocycles. The zero-order valence-electron chi connectivity index (χ0n) is 11.2. The summed E-state index contributed by atoms with van der Waals surface area (Å²) in [5.74, 6) is 0.648. The number of esters is 1. The van der Waals surface area contributed by atoms with Gasteiger partial charge in [-0.05, 0) is 35.2 Å². The maximum absolute atomic E-state index is 11.2. The first-order valence-corrected chi connectivity index (χ1v) is 8.23. The summed E-state index contributed by atoms with van der Waals surface area (Å²) in [6, 6.07) is 4.07. The monoisotopic (exact) mass is 312 g/mol. The van der Waals surface area contributed by atoms with Crippen LogP contribution in [0.5, 0.6) is 0 Å². The van der Waals surface area contributed by atoms with Gasteiger partial charge >= 0.3 is 5.97 Å². The summed E-state index contributed by atoms with van der Waals surface area (Å²) in [6.45, 7) is 2.93. The van der Waals surface area contributed by atoms with Crippen LogP contribution in [0.1, 0.15) is 24.6 Å². The minimum atomic E-state index is -0.147. The number of aromatic nitrogens is 4. The zero-order chi connectivity index (χ0) is 14.2. The molecule has 2 aromatic rings. The highest BCUT2D eigenvalue weighted by atomic mass is 32.2. The third-order valence-corrected chi connectivity index (χ3v) is 4.35. The van der Waals surface area contributed by atoms with Crippen LogP contribution in [0.4, 0.5) is 0 Å². The molecule has 0 N–H and O–H groups in total. The number of tetrazole rings is 1. The Hall–Kier alpha value is -1.41. The number of thiophene rings is 1. The van der Waals surface area contributed by atoms with Gasteiger partial charge in [-0.1, -0.05) is 17.8 Å². The number of nitrogens with zero attached hydrogens (tertiary/aromatic N) is 4. The van der Waals surface area contributed by atoms with Crippen molar-refractivity contribution in [1.29, 1.82) is 0 Å². The van der Waals surface area contributed by atoms with Crippen LogP contribution in [0.2, 0.25) is 0 Å². The van der Waals surface area contributed by atoms with Gasteiger partial charge < -0.3 is 4.74 Å². The maximum Gasteiger partial charge on any atom is 0.305 e. The van der Waals surface area contributed by atoms with E-state index in [0.29, 0.717) is 19.6 Å². The molecule has 0 saturated heterocycles. The zero-order valence-corrected chi connectivity index (χ0v) is 12.8. The third-order valence-electron chi connectivity index (χ3n) is 2.45. The summed E-state index contributed by atoms with van der Waals surface area (Å²) in [5, 5.41) is 14.5. The van der Waals surface area contributed by atoms with Crippen molar-refractivity contribution < 1.29 is 9.53 Å². The molecule has 2 heterocycles. The quantitative estimate of drug-likeness (QED) is 0.423. The van der Waals surface area contributed by atoms with Gasteiger partial charge in [-0.15, -0.1) is 16.4 Å². The van der Waals surface area contributed by atoms with Gasteiger partial charge in [-0.2, -0.15) is 0 Å². The molecule has 0 radical (unpaired) electrons. The smallest absolute Gasteiger partial charge is 0.305 e. The van der Waals surface area contributed by atoms with E-state index in [9.17, 15) is 4.79 Å². The minimum absolute atomic E-state index is 0.147. The summed E-state index contributed by atoms with van der Waals surface area (Å²) < 4.78 is 6.66. The average molecular weight is 312 g/mol. The first kappa shape index (κ1) is 15.0. The minimum Gasteiger partial charge on any atom is -0.466 e. The van der Waals surface area contributed by atoms with E-state index in [1.54, 1.807) is 27.8 Å². The van der Waals surface area contributed by atoms with Crippen LogP contribution in [-0.4, -0.2) is 38.5 Å². The van der Waals surface area contributed by atoms with Gasteiger partial charge in [0.15, 0.2) is 0 Å². The van der Waals surface area contributed by atoms with Crippen LogP contribution in [0.25, 0.3) is 0 Å². The molecule has 108 valence electrons. The first-order chi connectivity index (χ1) is 9.79. The van der Waals surface area contributed by atoms with Gasteiger partial charge in [-0.25, -0.2) is 4.68 Å². The fraction of sp³-hybridized carbons (Fsp3) is 0.500. The molecule has 0 aromatic carbocycles. The lowest BCUT2D eigenvalue weighted by molar-refractivity contribution is -0.143. The highest BCUT2D eigenvalue weighted by Gasteiger charge is 2.08. The van der Waals surface area contributed by atoms with E-state index in [1.165, 1.54) is 4.88 Å². The second-order valence-electron chi connectivity index (χ2n) is 3.96. The van der Waals surface area contributed by atoms with Crippen LogP contribution in [-0.2, 0) is 16.1 Å². The molecule has 0 spiro atoms. The third kappa shape index (κ3) is 4.61. The topological polar surface area (TPSA) is 69.9 Å². The van der Waals surface area contributed by atoms with E-state index < -0.39 is 0 Å². The van der Waals surface area contributed by atoms with Gasteiger partial charge in [0.25, 0.3) is 0 Å². The molecule has 20 heavy (non-hydrogen) atoms. The lowest BCUT2D eigenvalue weighted by Gasteiger charge is -2.03. The summed E-state index contributed by atoms with van der Waals surface area (Å²) in [5.41, 5.74) is 0. The standard InChI is InChI=1S/C12H16N4O2S2/c1-2-18-11(17)6-4-8-20-12-13-14-15-16(12)9-10-5-3-7-19-10/h3,5,7H,2,4,6,8-9H2,1H3. The van der Waals surface area contributed by atoms with E-state index in [-0.39, 0.29) is 5.97 Å². The predicted molar refractivity (Wildman–Crippen MR) is 77.8 cm³/mol. The molecular formula is C12H16N4O2S2. The Balaban J connectivity index is 1.76. The van der Waals surface area contributed by atoms with Crippen molar-refractivity contribution in [2.45, 2.75) is 31.5 Å². The number of carbonyl (C=O) groups excluding carboxylic acids is 1. The lowest BCUT2D eigenvalue weighted by Crippen LogP contribution is -2.05. The summed E-state index contributed by atoms with van der Waals surface area (Å²) in [4.78, 5) is 12.4. The van der Waals surface area contributed by atoms with Crippen LogP contribution >= 0.6 is 23.1 Å².